The first-order valence-corrected chi connectivity index (χ1v) is 9.97. The second-order valence-electron chi connectivity index (χ2n) is 7.65. The van der Waals surface area contributed by atoms with Crippen LogP contribution in [0, 0.1) is 0 Å². The first-order valence-electron chi connectivity index (χ1n) is 9.97. The van der Waals surface area contributed by atoms with Crippen molar-refractivity contribution in [3.05, 3.63) is 60.3 Å². The zero-order chi connectivity index (χ0) is 20.2. The molecule has 150 valence electrons. The molecule has 1 aliphatic heterocycles. The standard InChI is InChI=1S/C22H26N6O/c1-16(29)26-20-7-3-5-18(11-20)21-22(24-9-8-23-21)19-6-4-10-28(15-19)14-17-12-25-27(2)13-17/h3,5,7-9,11-13,19H,4,6,10,14-15H2,1-2H3,(H,26,29)/t19-/m1/s1. The average Bonchev–Trinajstić information content (AvgIpc) is 3.12. The van der Waals surface area contributed by atoms with Gasteiger partial charge in [-0.1, -0.05) is 12.1 Å². The molecule has 7 heteroatoms. The molecular weight excluding hydrogens is 364 g/mol. The lowest BCUT2D eigenvalue weighted by Gasteiger charge is -2.32. The summed E-state index contributed by atoms with van der Waals surface area (Å²) < 4.78 is 1.85. The Kier molecular flexibility index (Phi) is 5.67. The van der Waals surface area contributed by atoms with Crippen molar-refractivity contribution in [2.75, 3.05) is 18.4 Å². The van der Waals surface area contributed by atoms with E-state index in [0.29, 0.717) is 5.92 Å². The lowest BCUT2D eigenvalue weighted by molar-refractivity contribution is -0.114. The molecule has 0 bridgehead atoms. The Morgan fingerprint density at radius 3 is 2.93 bits per heavy atom. The summed E-state index contributed by atoms with van der Waals surface area (Å²) in [5, 5.41) is 7.13. The number of hydrogen-bond donors (Lipinski definition) is 1. The summed E-state index contributed by atoms with van der Waals surface area (Å²) in [6, 6.07) is 7.81. The summed E-state index contributed by atoms with van der Waals surface area (Å²) in [4.78, 5) is 23.3. The summed E-state index contributed by atoms with van der Waals surface area (Å²) in [6.07, 6.45) is 9.75. The Balaban J connectivity index is 1.57. The molecule has 0 saturated carbocycles. The van der Waals surface area contributed by atoms with Crippen LogP contribution in [0.4, 0.5) is 5.69 Å². The molecule has 3 heterocycles. The number of carbonyl (C=O) groups is 1. The van der Waals surface area contributed by atoms with Crippen LogP contribution in [0.5, 0.6) is 0 Å². The van der Waals surface area contributed by atoms with Crippen LogP contribution in [-0.2, 0) is 18.4 Å². The van der Waals surface area contributed by atoms with E-state index in [2.05, 4.69) is 26.5 Å². The number of amides is 1. The van der Waals surface area contributed by atoms with Gasteiger partial charge in [-0.25, -0.2) is 0 Å². The van der Waals surface area contributed by atoms with Gasteiger partial charge >= 0.3 is 0 Å². The van der Waals surface area contributed by atoms with Gasteiger partial charge in [0.25, 0.3) is 0 Å². The molecule has 7 nitrogen and oxygen atoms in total. The molecule has 2 aromatic heterocycles. The van der Waals surface area contributed by atoms with Crippen LogP contribution in [0.2, 0.25) is 0 Å². The summed E-state index contributed by atoms with van der Waals surface area (Å²) in [5.74, 6) is 0.244. The first kappa shape index (κ1) is 19.3. The van der Waals surface area contributed by atoms with Gasteiger partial charge in [-0.15, -0.1) is 0 Å². The van der Waals surface area contributed by atoms with Crippen molar-refractivity contribution in [2.24, 2.45) is 7.05 Å². The zero-order valence-corrected chi connectivity index (χ0v) is 16.9. The largest absolute Gasteiger partial charge is 0.326 e. The van der Waals surface area contributed by atoms with Crippen molar-refractivity contribution >= 4 is 11.6 Å². The highest BCUT2D eigenvalue weighted by atomic mass is 16.1. The lowest BCUT2D eigenvalue weighted by Crippen LogP contribution is -2.34. The van der Waals surface area contributed by atoms with Crippen LogP contribution >= 0.6 is 0 Å². The smallest absolute Gasteiger partial charge is 0.221 e. The van der Waals surface area contributed by atoms with Gasteiger partial charge in [0.2, 0.25) is 5.91 Å². The molecule has 0 unspecified atom stereocenters. The summed E-state index contributed by atoms with van der Waals surface area (Å²) in [7, 11) is 1.95. The Labute approximate surface area is 170 Å². The first-order chi connectivity index (χ1) is 14.1. The number of aryl methyl sites for hydroxylation is 1. The van der Waals surface area contributed by atoms with E-state index in [1.807, 2.05) is 42.2 Å². The topological polar surface area (TPSA) is 75.9 Å². The number of piperidine rings is 1. The molecule has 1 amide bonds. The van der Waals surface area contributed by atoms with Crippen molar-refractivity contribution in [2.45, 2.75) is 32.2 Å². The number of carbonyl (C=O) groups excluding carboxylic acids is 1. The number of anilines is 1. The minimum absolute atomic E-state index is 0.0835. The van der Waals surface area contributed by atoms with Gasteiger partial charge in [-0.05, 0) is 31.5 Å². The number of aromatic nitrogens is 4. The van der Waals surface area contributed by atoms with Crippen molar-refractivity contribution < 1.29 is 4.79 Å². The zero-order valence-electron chi connectivity index (χ0n) is 16.9. The second-order valence-corrected chi connectivity index (χ2v) is 7.65. The molecule has 1 aromatic carbocycles. The number of rotatable bonds is 5. The molecule has 1 aliphatic rings. The van der Waals surface area contributed by atoms with Crippen LogP contribution in [0.25, 0.3) is 11.3 Å². The lowest BCUT2D eigenvalue weighted by atomic mass is 9.91. The van der Waals surface area contributed by atoms with Gasteiger partial charge < -0.3 is 5.32 Å². The van der Waals surface area contributed by atoms with Crippen LogP contribution < -0.4 is 5.32 Å². The molecule has 3 aromatic rings. The van der Waals surface area contributed by atoms with E-state index < -0.39 is 0 Å². The molecule has 4 rings (SSSR count). The van der Waals surface area contributed by atoms with E-state index >= 15 is 0 Å². The van der Waals surface area contributed by atoms with Gasteiger partial charge in [0.15, 0.2) is 0 Å². The Morgan fingerprint density at radius 2 is 2.14 bits per heavy atom. The Morgan fingerprint density at radius 1 is 1.28 bits per heavy atom. The molecule has 29 heavy (non-hydrogen) atoms. The molecular formula is C22H26N6O. The maximum atomic E-state index is 11.4. The predicted octanol–water partition coefficient (Wildman–Crippen LogP) is 3.22. The van der Waals surface area contributed by atoms with E-state index in [1.54, 1.807) is 12.4 Å². The highest BCUT2D eigenvalue weighted by Gasteiger charge is 2.25. The minimum atomic E-state index is -0.0835. The third-order valence-electron chi connectivity index (χ3n) is 5.24. The van der Waals surface area contributed by atoms with Crippen molar-refractivity contribution in [3.63, 3.8) is 0 Å². The molecule has 0 radical (unpaired) electrons. The van der Waals surface area contributed by atoms with Gasteiger partial charge in [-0.2, -0.15) is 5.10 Å². The maximum Gasteiger partial charge on any atom is 0.221 e. The maximum absolute atomic E-state index is 11.4. The van der Waals surface area contributed by atoms with E-state index in [9.17, 15) is 4.79 Å². The Hall–Kier alpha value is -3.06. The predicted molar refractivity (Wildman–Crippen MR) is 112 cm³/mol. The van der Waals surface area contributed by atoms with Crippen molar-refractivity contribution in [1.82, 2.24) is 24.6 Å². The quantitative estimate of drug-likeness (QED) is 0.724. The van der Waals surface area contributed by atoms with Gasteiger partial charge in [-0.3, -0.25) is 24.3 Å². The average molecular weight is 390 g/mol. The molecule has 1 N–H and O–H groups in total. The van der Waals surface area contributed by atoms with E-state index in [1.165, 1.54) is 12.5 Å². The monoisotopic (exact) mass is 390 g/mol. The van der Waals surface area contributed by atoms with Crippen molar-refractivity contribution in [3.8, 4) is 11.3 Å². The third kappa shape index (κ3) is 4.68. The fraction of sp³-hybridized carbons (Fsp3) is 0.364. The van der Waals surface area contributed by atoms with Crippen LogP contribution in [0.1, 0.15) is 36.9 Å². The molecule has 1 atom stereocenters. The minimum Gasteiger partial charge on any atom is -0.326 e. The Bertz CT molecular complexity index is 998. The summed E-state index contributed by atoms with van der Waals surface area (Å²) in [6.45, 7) is 4.45. The van der Waals surface area contributed by atoms with Gasteiger partial charge in [0, 0.05) is 68.4 Å². The van der Waals surface area contributed by atoms with E-state index in [-0.39, 0.29) is 5.91 Å². The van der Waals surface area contributed by atoms with Gasteiger partial charge in [0.05, 0.1) is 17.6 Å². The highest BCUT2D eigenvalue weighted by molar-refractivity contribution is 5.89. The summed E-state index contributed by atoms with van der Waals surface area (Å²) >= 11 is 0. The third-order valence-corrected chi connectivity index (χ3v) is 5.24. The van der Waals surface area contributed by atoms with Gasteiger partial charge in [0.1, 0.15) is 0 Å². The number of hydrogen-bond acceptors (Lipinski definition) is 5. The van der Waals surface area contributed by atoms with Crippen LogP contribution in [0.3, 0.4) is 0 Å². The fourth-order valence-corrected chi connectivity index (χ4v) is 4.05. The van der Waals surface area contributed by atoms with Crippen molar-refractivity contribution in [1.29, 1.82) is 0 Å². The molecule has 0 aliphatic carbocycles. The normalized spacial score (nSPS) is 17.2. The van der Waals surface area contributed by atoms with E-state index in [4.69, 9.17) is 4.98 Å². The van der Waals surface area contributed by atoms with Crippen LogP contribution in [-0.4, -0.2) is 43.6 Å². The SMILES string of the molecule is CC(=O)Nc1cccc(-c2nccnc2[C@@H]2CCCN(Cc3cnn(C)c3)C2)c1. The molecule has 1 fully saturated rings. The summed E-state index contributed by atoms with van der Waals surface area (Å²) in [5.41, 5.74) is 4.91. The fourth-order valence-electron chi connectivity index (χ4n) is 4.05. The van der Waals surface area contributed by atoms with E-state index in [0.717, 1.165) is 55.1 Å². The number of likely N-dealkylation sites (tertiary alicyclic amines) is 1. The van der Waals surface area contributed by atoms with Crippen LogP contribution in [0.15, 0.2) is 49.1 Å². The number of benzene rings is 1. The second kappa shape index (κ2) is 8.53. The number of nitrogens with zero attached hydrogens (tertiary/aromatic N) is 5. The molecule has 0 spiro atoms. The highest BCUT2D eigenvalue weighted by Crippen LogP contribution is 2.33. The number of nitrogens with one attached hydrogen (secondary N) is 1. The molecule has 1 saturated heterocycles.